The number of aromatic nitrogens is 1. The molecule has 2 heteroatoms. The average Bonchev–Trinajstić information content (AvgIpc) is 3.79. The van der Waals surface area contributed by atoms with Gasteiger partial charge in [0, 0.05) is 33.8 Å². The second-order valence-electron chi connectivity index (χ2n) is 15.2. The Morgan fingerprint density at radius 2 is 0.875 bits per heavy atom. The van der Waals surface area contributed by atoms with E-state index in [0.717, 1.165) is 0 Å². The van der Waals surface area contributed by atoms with Gasteiger partial charge in [-0.05, 0) is 121 Å². The van der Waals surface area contributed by atoms with Crippen molar-refractivity contribution >= 4 is 65.5 Å². The highest BCUT2D eigenvalue weighted by molar-refractivity contribution is 6.25. The van der Waals surface area contributed by atoms with E-state index < -0.39 is 0 Å². The summed E-state index contributed by atoms with van der Waals surface area (Å²) in [6.07, 6.45) is 9.15. The molecule has 0 saturated heterocycles. The number of nitrogens with zero attached hydrogens (tertiary/aromatic N) is 2. The maximum Gasteiger partial charge on any atom is 0.0629 e. The molecular formula is C54H36N2. The third kappa shape index (κ3) is 4.63. The van der Waals surface area contributed by atoms with Gasteiger partial charge in [0.25, 0.3) is 0 Å². The number of rotatable bonds is 4. The Hall–Kier alpha value is -7.16. The van der Waals surface area contributed by atoms with E-state index in [4.69, 9.17) is 0 Å². The predicted octanol–water partition coefficient (Wildman–Crippen LogP) is 14.3. The van der Waals surface area contributed by atoms with Crippen LogP contribution in [0, 0.1) is 0 Å². The van der Waals surface area contributed by atoms with Crippen LogP contribution in [0.5, 0.6) is 0 Å². The van der Waals surface area contributed by atoms with Crippen LogP contribution in [0.4, 0.5) is 11.4 Å². The topological polar surface area (TPSA) is 8.17 Å². The summed E-state index contributed by atoms with van der Waals surface area (Å²) in [5.41, 5.74) is 12.4. The molecule has 0 saturated carbocycles. The van der Waals surface area contributed by atoms with Gasteiger partial charge < -0.3 is 9.47 Å². The standard InChI is InChI=1S/C54H36N2/c1-2-12-39(13-3-1)55-51-20-10-8-18-46(51)49-33-37(25-30-53(49)55)38-26-31-54-50(34-38)47-19-9-11-21-52(47)56(54)40-27-22-35(23-28-40)36-24-29-45-43-16-5-4-14-41(43)42-15-6-7-17-44(42)48(45)32-36/h1-34,47,52H. The van der Waals surface area contributed by atoms with Crippen LogP contribution in [-0.2, 0) is 0 Å². The molecule has 9 aromatic carbocycles. The van der Waals surface area contributed by atoms with Gasteiger partial charge in [0.15, 0.2) is 0 Å². The minimum absolute atomic E-state index is 0.225. The number of hydrogen-bond acceptors (Lipinski definition) is 1. The Bertz CT molecular complexity index is 3220. The van der Waals surface area contributed by atoms with E-state index in [1.165, 1.54) is 99.0 Å². The van der Waals surface area contributed by atoms with Gasteiger partial charge in [0.05, 0.1) is 17.1 Å². The lowest BCUT2D eigenvalue weighted by molar-refractivity contribution is 0.745. The first-order valence-corrected chi connectivity index (χ1v) is 19.6. The number of para-hydroxylation sites is 2. The van der Waals surface area contributed by atoms with E-state index in [1.54, 1.807) is 0 Å². The molecule has 1 aliphatic heterocycles. The van der Waals surface area contributed by atoms with Crippen LogP contribution in [0.2, 0.25) is 0 Å². The van der Waals surface area contributed by atoms with E-state index >= 15 is 0 Å². The van der Waals surface area contributed by atoms with Gasteiger partial charge in [-0.25, -0.2) is 0 Å². The van der Waals surface area contributed by atoms with Crippen molar-refractivity contribution in [2.75, 3.05) is 4.90 Å². The largest absolute Gasteiger partial charge is 0.333 e. The first-order valence-electron chi connectivity index (χ1n) is 19.6. The highest BCUT2D eigenvalue weighted by Crippen LogP contribution is 2.49. The first kappa shape index (κ1) is 31.2. The van der Waals surface area contributed by atoms with Crippen LogP contribution in [0.25, 0.3) is 82.1 Å². The second kappa shape index (κ2) is 12.2. The zero-order valence-corrected chi connectivity index (χ0v) is 30.7. The normalized spacial score (nSPS) is 16.0. The fourth-order valence-corrected chi connectivity index (χ4v) is 9.73. The lowest BCUT2D eigenvalue weighted by Crippen LogP contribution is -2.28. The monoisotopic (exact) mass is 712 g/mol. The molecule has 2 atom stereocenters. The molecule has 2 heterocycles. The van der Waals surface area contributed by atoms with Gasteiger partial charge in [-0.2, -0.15) is 0 Å². The Morgan fingerprint density at radius 3 is 1.64 bits per heavy atom. The summed E-state index contributed by atoms with van der Waals surface area (Å²) in [5, 5.41) is 10.4. The fourth-order valence-electron chi connectivity index (χ4n) is 9.73. The zero-order chi connectivity index (χ0) is 36.7. The first-order chi connectivity index (χ1) is 27.8. The van der Waals surface area contributed by atoms with Gasteiger partial charge in [0.1, 0.15) is 0 Å². The second-order valence-corrected chi connectivity index (χ2v) is 15.2. The molecule has 0 spiro atoms. The van der Waals surface area contributed by atoms with Gasteiger partial charge in [-0.1, -0.05) is 146 Å². The molecule has 0 radical (unpaired) electrons. The summed E-state index contributed by atoms with van der Waals surface area (Å²) in [6, 6.07) is 67.5. The molecule has 12 rings (SSSR count). The van der Waals surface area contributed by atoms with Crippen LogP contribution >= 0.6 is 0 Å². The maximum absolute atomic E-state index is 2.53. The summed E-state index contributed by atoms with van der Waals surface area (Å²) in [4.78, 5) is 2.53. The van der Waals surface area contributed by atoms with E-state index in [2.05, 4.69) is 216 Å². The van der Waals surface area contributed by atoms with Crippen LogP contribution in [0.3, 0.4) is 0 Å². The van der Waals surface area contributed by atoms with E-state index in [1.807, 2.05) is 0 Å². The summed E-state index contributed by atoms with van der Waals surface area (Å²) >= 11 is 0. The number of fused-ring (bicyclic) bond motifs is 12. The molecule has 56 heavy (non-hydrogen) atoms. The molecule has 1 aromatic heterocycles. The molecule has 1 aliphatic carbocycles. The summed E-state index contributed by atoms with van der Waals surface area (Å²) < 4.78 is 2.38. The van der Waals surface area contributed by atoms with E-state index in [0.29, 0.717) is 0 Å². The fraction of sp³-hybridized carbons (Fsp3) is 0.0370. The minimum Gasteiger partial charge on any atom is -0.333 e. The van der Waals surface area contributed by atoms with Gasteiger partial charge >= 0.3 is 0 Å². The van der Waals surface area contributed by atoms with Crippen molar-refractivity contribution in [3.8, 4) is 27.9 Å². The Morgan fingerprint density at radius 1 is 0.339 bits per heavy atom. The molecule has 2 aliphatic rings. The Labute approximate surface area is 325 Å². The van der Waals surface area contributed by atoms with Crippen molar-refractivity contribution < 1.29 is 0 Å². The lowest BCUT2D eigenvalue weighted by atomic mass is 9.89. The van der Waals surface area contributed by atoms with Crippen molar-refractivity contribution in [1.29, 1.82) is 0 Å². The summed E-state index contributed by atoms with van der Waals surface area (Å²) in [7, 11) is 0. The molecular weight excluding hydrogens is 677 g/mol. The van der Waals surface area contributed by atoms with Gasteiger partial charge in [0.2, 0.25) is 0 Å². The number of hydrogen-bond donors (Lipinski definition) is 0. The Balaban J connectivity index is 0.924. The Kier molecular flexibility index (Phi) is 6.79. The molecule has 0 fully saturated rings. The number of benzene rings is 9. The average molecular weight is 713 g/mol. The number of anilines is 2. The highest BCUT2D eigenvalue weighted by atomic mass is 15.2. The van der Waals surface area contributed by atoms with Crippen molar-refractivity contribution in [1.82, 2.24) is 4.57 Å². The summed E-state index contributed by atoms with van der Waals surface area (Å²) in [5.74, 6) is 0.280. The number of allylic oxidation sites excluding steroid dienone is 2. The van der Waals surface area contributed by atoms with Gasteiger partial charge in [-0.3, -0.25) is 0 Å². The van der Waals surface area contributed by atoms with Crippen LogP contribution in [-0.4, -0.2) is 10.6 Å². The van der Waals surface area contributed by atoms with E-state index in [-0.39, 0.29) is 12.0 Å². The third-order valence-electron chi connectivity index (χ3n) is 12.3. The smallest absolute Gasteiger partial charge is 0.0629 e. The molecule has 0 amide bonds. The summed E-state index contributed by atoms with van der Waals surface area (Å²) in [6.45, 7) is 0. The van der Waals surface area contributed by atoms with Crippen molar-refractivity contribution in [2.24, 2.45) is 0 Å². The van der Waals surface area contributed by atoms with Crippen LogP contribution < -0.4 is 4.90 Å². The van der Waals surface area contributed by atoms with Crippen LogP contribution in [0.15, 0.2) is 206 Å². The highest BCUT2D eigenvalue weighted by Gasteiger charge is 2.37. The quantitative estimate of drug-likeness (QED) is 0.165. The van der Waals surface area contributed by atoms with Crippen LogP contribution in [0.1, 0.15) is 11.5 Å². The minimum atomic E-state index is 0.225. The lowest BCUT2D eigenvalue weighted by Gasteiger charge is -2.28. The van der Waals surface area contributed by atoms with E-state index in [9.17, 15) is 0 Å². The van der Waals surface area contributed by atoms with Crippen molar-refractivity contribution in [3.05, 3.63) is 212 Å². The zero-order valence-electron chi connectivity index (χ0n) is 30.7. The molecule has 262 valence electrons. The molecule has 0 bridgehead atoms. The molecule has 2 nitrogen and oxygen atoms in total. The van der Waals surface area contributed by atoms with Crippen molar-refractivity contribution in [3.63, 3.8) is 0 Å². The van der Waals surface area contributed by atoms with Crippen molar-refractivity contribution in [2.45, 2.75) is 12.0 Å². The van der Waals surface area contributed by atoms with Gasteiger partial charge in [-0.15, -0.1) is 0 Å². The SMILES string of the molecule is C1=CC2c3cc(-c4ccc5c(c4)c4ccccc4n5-c4ccccc4)ccc3N(c3ccc(-c4ccc5c6ccccc6c6ccccc6c5c4)cc3)C2C=C1. The maximum atomic E-state index is 2.53. The molecule has 10 aromatic rings. The molecule has 2 unspecified atom stereocenters. The third-order valence-corrected chi connectivity index (χ3v) is 12.3. The predicted molar refractivity (Wildman–Crippen MR) is 238 cm³/mol. The molecule has 0 N–H and O–H groups in total.